The molecule has 1 aliphatic rings. The number of benzene rings is 1. The second-order valence-electron chi connectivity index (χ2n) is 2.69. The second-order valence-corrected chi connectivity index (χ2v) is 2.69. The Morgan fingerprint density at radius 3 is 2.58 bits per heavy atom. The van der Waals surface area contributed by atoms with Crippen LogP contribution in [-0.2, 0) is 4.79 Å². The molecule has 1 aromatic rings. The SMILES string of the molecule is O=C1CN=NC1c1ccccc1. The van der Waals surface area contributed by atoms with Gasteiger partial charge in [-0.2, -0.15) is 10.2 Å². The number of azo groups is 1. The van der Waals surface area contributed by atoms with Crippen molar-refractivity contribution in [1.29, 1.82) is 0 Å². The lowest BCUT2D eigenvalue weighted by molar-refractivity contribution is -0.117. The van der Waals surface area contributed by atoms with Crippen LogP contribution in [0.1, 0.15) is 11.6 Å². The molecule has 1 atom stereocenters. The third-order valence-electron chi connectivity index (χ3n) is 1.84. The van der Waals surface area contributed by atoms with Crippen molar-refractivity contribution in [3.63, 3.8) is 0 Å². The molecule has 12 heavy (non-hydrogen) atoms. The molecule has 0 bridgehead atoms. The second kappa shape index (κ2) is 2.85. The first-order valence-electron chi connectivity index (χ1n) is 3.82. The topological polar surface area (TPSA) is 41.8 Å². The summed E-state index contributed by atoms with van der Waals surface area (Å²) >= 11 is 0. The summed E-state index contributed by atoms with van der Waals surface area (Å²) < 4.78 is 0. The predicted molar refractivity (Wildman–Crippen MR) is 43.9 cm³/mol. The van der Waals surface area contributed by atoms with E-state index in [-0.39, 0.29) is 18.4 Å². The summed E-state index contributed by atoms with van der Waals surface area (Å²) in [5, 5.41) is 7.56. The molecule has 0 saturated heterocycles. The highest BCUT2D eigenvalue weighted by molar-refractivity contribution is 5.88. The van der Waals surface area contributed by atoms with Gasteiger partial charge in [0.15, 0.2) is 11.8 Å². The first-order valence-corrected chi connectivity index (χ1v) is 3.82. The molecule has 0 radical (unpaired) electrons. The average Bonchev–Trinajstić information content (AvgIpc) is 2.53. The fraction of sp³-hybridized carbons (Fsp3) is 0.222. The normalized spacial score (nSPS) is 21.7. The number of rotatable bonds is 1. The van der Waals surface area contributed by atoms with E-state index < -0.39 is 0 Å². The van der Waals surface area contributed by atoms with Gasteiger partial charge in [0.25, 0.3) is 0 Å². The van der Waals surface area contributed by atoms with Gasteiger partial charge in [0.05, 0.1) is 0 Å². The number of Topliss-reactive ketones (excluding diaryl/α,β-unsaturated/α-hetero) is 1. The molecule has 1 aliphatic heterocycles. The predicted octanol–water partition coefficient (Wildman–Crippen LogP) is 1.76. The molecule has 0 spiro atoms. The Morgan fingerprint density at radius 1 is 1.25 bits per heavy atom. The Balaban J connectivity index is 2.31. The van der Waals surface area contributed by atoms with Crippen LogP contribution >= 0.6 is 0 Å². The molecule has 0 aliphatic carbocycles. The summed E-state index contributed by atoms with van der Waals surface area (Å²) in [7, 11) is 0. The summed E-state index contributed by atoms with van der Waals surface area (Å²) in [6.45, 7) is 0.236. The molecule has 1 aromatic carbocycles. The number of hydrogen-bond donors (Lipinski definition) is 0. The molecule has 1 unspecified atom stereocenters. The molecule has 60 valence electrons. The van der Waals surface area contributed by atoms with E-state index in [0.29, 0.717) is 0 Å². The van der Waals surface area contributed by atoms with E-state index in [1.54, 1.807) is 0 Å². The van der Waals surface area contributed by atoms with Gasteiger partial charge in [0, 0.05) is 0 Å². The standard InChI is InChI=1S/C9H8N2O/c12-8-6-10-11-9(8)7-4-2-1-3-5-7/h1-5,9H,6H2. The molecular weight excluding hydrogens is 152 g/mol. The van der Waals surface area contributed by atoms with Gasteiger partial charge in [-0.05, 0) is 5.56 Å². The first kappa shape index (κ1) is 7.16. The maximum absolute atomic E-state index is 11.2. The van der Waals surface area contributed by atoms with Gasteiger partial charge < -0.3 is 0 Å². The number of carbonyl (C=O) groups is 1. The van der Waals surface area contributed by atoms with Crippen LogP contribution in [0.25, 0.3) is 0 Å². The van der Waals surface area contributed by atoms with Gasteiger partial charge in [-0.15, -0.1) is 0 Å². The lowest BCUT2D eigenvalue weighted by atomic mass is 10.1. The van der Waals surface area contributed by atoms with Gasteiger partial charge in [-0.25, -0.2) is 0 Å². The molecule has 1 heterocycles. The number of nitrogens with zero attached hydrogens (tertiary/aromatic N) is 2. The van der Waals surface area contributed by atoms with Crippen LogP contribution in [0.4, 0.5) is 0 Å². The zero-order chi connectivity index (χ0) is 8.39. The Bertz CT molecular complexity index is 319. The van der Waals surface area contributed by atoms with Crippen LogP contribution in [0.2, 0.25) is 0 Å². The maximum atomic E-state index is 11.2. The minimum atomic E-state index is -0.341. The summed E-state index contributed by atoms with van der Waals surface area (Å²) in [6.07, 6.45) is 0. The van der Waals surface area contributed by atoms with Crippen LogP contribution < -0.4 is 0 Å². The molecular formula is C9H8N2O. The Morgan fingerprint density at radius 2 is 2.00 bits per heavy atom. The van der Waals surface area contributed by atoms with Crippen LogP contribution in [0.3, 0.4) is 0 Å². The highest BCUT2D eigenvalue weighted by Crippen LogP contribution is 2.22. The van der Waals surface area contributed by atoms with Crippen molar-refractivity contribution in [3.8, 4) is 0 Å². The van der Waals surface area contributed by atoms with Crippen molar-refractivity contribution in [2.45, 2.75) is 6.04 Å². The molecule has 0 fully saturated rings. The van der Waals surface area contributed by atoms with Crippen molar-refractivity contribution in [1.82, 2.24) is 0 Å². The lowest BCUT2D eigenvalue weighted by Gasteiger charge is -2.01. The molecule has 0 amide bonds. The summed E-state index contributed by atoms with van der Waals surface area (Å²) in [5.41, 5.74) is 0.934. The van der Waals surface area contributed by atoms with Crippen LogP contribution in [0, 0.1) is 0 Å². The Hall–Kier alpha value is -1.51. The molecule has 0 N–H and O–H groups in total. The van der Waals surface area contributed by atoms with Crippen LogP contribution in [-0.4, -0.2) is 12.3 Å². The fourth-order valence-corrected chi connectivity index (χ4v) is 1.23. The summed E-state index contributed by atoms with van der Waals surface area (Å²) in [5.74, 6) is 0.0844. The molecule has 2 rings (SSSR count). The van der Waals surface area contributed by atoms with Gasteiger partial charge in [-0.3, -0.25) is 4.79 Å². The molecule has 3 nitrogen and oxygen atoms in total. The van der Waals surface area contributed by atoms with Gasteiger partial charge in [0.2, 0.25) is 0 Å². The molecule has 3 heteroatoms. The van der Waals surface area contributed by atoms with E-state index in [9.17, 15) is 4.79 Å². The summed E-state index contributed by atoms with van der Waals surface area (Å²) in [6, 6.07) is 9.17. The highest BCUT2D eigenvalue weighted by atomic mass is 16.1. The van der Waals surface area contributed by atoms with Crippen molar-refractivity contribution >= 4 is 5.78 Å². The van der Waals surface area contributed by atoms with E-state index in [2.05, 4.69) is 10.2 Å². The van der Waals surface area contributed by atoms with E-state index in [0.717, 1.165) is 5.56 Å². The minimum Gasteiger partial charge on any atom is -0.295 e. The van der Waals surface area contributed by atoms with E-state index in [4.69, 9.17) is 0 Å². The van der Waals surface area contributed by atoms with Crippen molar-refractivity contribution < 1.29 is 4.79 Å². The van der Waals surface area contributed by atoms with Gasteiger partial charge in [0.1, 0.15) is 6.54 Å². The number of hydrogen-bond acceptors (Lipinski definition) is 3. The van der Waals surface area contributed by atoms with Crippen molar-refractivity contribution in [2.24, 2.45) is 10.2 Å². The lowest BCUT2D eigenvalue weighted by Crippen LogP contribution is -2.06. The molecule has 0 saturated carbocycles. The van der Waals surface area contributed by atoms with Gasteiger partial charge in [-0.1, -0.05) is 30.3 Å². The third kappa shape index (κ3) is 1.13. The summed E-state index contributed by atoms with van der Waals surface area (Å²) in [4.78, 5) is 11.2. The monoisotopic (exact) mass is 160 g/mol. The van der Waals surface area contributed by atoms with E-state index in [1.165, 1.54) is 0 Å². The fourth-order valence-electron chi connectivity index (χ4n) is 1.23. The Labute approximate surface area is 70.1 Å². The van der Waals surface area contributed by atoms with E-state index in [1.807, 2.05) is 30.3 Å². The van der Waals surface area contributed by atoms with Crippen LogP contribution in [0.5, 0.6) is 0 Å². The average molecular weight is 160 g/mol. The third-order valence-corrected chi connectivity index (χ3v) is 1.84. The zero-order valence-electron chi connectivity index (χ0n) is 6.47. The minimum absolute atomic E-state index is 0.0844. The Kier molecular flexibility index (Phi) is 1.70. The number of ketones is 1. The quantitative estimate of drug-likeness (QED) is 0.617. The van der Waals surface area contributed by atoms with Crippen LogP contribution in [0.15, 0.2) is 40.6 Å². The van der Waals surface area contributed by atoms with E-state index >= 15 is 0 Å². The zero-order valence-corrected chi connectivity index (χ0v) is 6.47. The molecule has 0 aromatic heterocycles. The smallest absolute Gasteiger partial charge is 0.186 e. The largest absolute Gasteiger partial charge is 0.295 e. The maximum Gasteiger partial charge on any atom is 0.186 e. The van der Waals surface area contributed by atoms with Gasteiger partial charge >= 0.3 is 0 Å². The first-order chi connectivity index (χ1) is 5.88. The highest BCUT2D eigenvalue weighted by Gasteiger charge is 2.23. The number of carbonyl (C=O) groups excluding carboxylic acids is 1. The van der Waals surface area contributed by atoms with Crippen molar-refractivity contribution in [2.75, 3.05) is 6.54 Å². The van der Waals surface area contributed by atoms with Crippen molar-refractivity contribution in [3.05, 3.63) is 35.9 Å².